The van der Waals surface area contributed by atoms with Gasteiger partial charge in [-0.2, -0.15) is 0 Å². The summed E-state index contributed by atoms with van der Waals surface area (Å²) in [5.74, 6) is 3.20. The summed E-state index contributed by atoms with van der Waals surface area (Å²) in [4.78, 5) is 4.70. The fourth-order valence-corrected chi connectivity index (χ4v) is 2.96. The zero-order valence-corrected chi connectivity index (χ0v) is 21.3. The lowest BCUT2D eigenvalue weighted by Gasteiger charge is -2.20. The quantitative estimate of drug-likeness (QED) is 0.184. The summed E-state index contributed by atoms with van der Waals surface area (Å²) < 4.78 is 13.4. The summed E-state index contributed by atoms with van der Waals surface area (Å²) in [6, 6.07) is 6.04. The van der Waals surface area contributed by atoms with Gasteiger partial charge in [0.25, 0.3) is 0 Å². The molecule has 0 fully saturated rings. The molecule has 1 aromatic carbocycles. The normalized spacial score (nSPS) is 11.9. The Balaban J connectivity index is 0.00000480. The van der Waals surface area contributed by atoms with Crippen molar-refractivity contribution in [1.29, 1.82) is 0 Å². The van der Waals surface area contributed by atoms with Crippen LogP contribution in [0.5, 0.6) is 11.5 Å². The van der Waals surface area contributed by atoms with Gasteiger partial charge in [0, 0.05) is 19.5 Å². The number of halogens is 1. The minimum Gasteiger partial charge on any atom is -0.490 e. The van der Waals surface area contributed by atoms with Gasteiger partial charge >= 0.3 is 0 Å². The molecule has 0 radical (unpaired) electrons. The Morgan fingerprint density at radius 1 is 1.23 bits per heavy atom. The van der Waals surface area contributed by atoms with Gasteiger partial charge in [-0.05, 0) is 38.5 Å². The molecule has 31 heavy (non-hydrogen) atoms. The van der Waals surface area contributed by atoms with Crippen LogP contribution in [0, 0.1) is 0 Å². The summed E-state index contributed by atoms with van der Waals surface area (Å²) in [6.07, 6.45) is 4.40. The van der Waals surface area contributed by atoms with Crippen LogP contribution in [0.2, 0.25) is 0 Å². The van der Waals surface area contributed by atoms with Gasteiger partial charge in [-0.1, -0.05) is 19.1 Å². The van der Waals surface area contributed by atoms with E-state index in [1.807, 2.05) is 36.6 Å². The van der Waals surface area contributed by atoms with Crippen molar-refractivity contribution in [3.8, 4) is 11.5 Å². The van der Waals surface area contributed by atoms with E-state index in [0.29, 0.717) is 26.3 Å². The van der Waals surface area contributed by atoms with Crippen molar-refractivity contribution in [2.75, 3.05) is 26.3 Å². The van der Waals surface area contributed by atoms with E-state index < -0.39 is 0 Å². The number of ether oxygens (including phenoxy) is 2. The lowest BCUT2D eigenvalue weighted by atomic mass is 10.1. The average molecular weight is 542 g/mol. The van der Waals surface area contributed by atoms with E-state index in [9.17, 15) is 0 Å². The Kier molecular flexibility index (Phi) is 12.6. The Morgan fingerprint density at radius 2 is 1.97 bits per heavy atom. The number of hydrogen-bond donors (Lipinski definition) is 2. The molecule has 0 amide bonds. The van der Waals surface area contributed by atoms with E-state index in [-0.39, 0.29) is 30.0 Å². The maximum atomic E-state index is 5.75. The van der Waals surface area contributed by atoms with E-state index in [1.54, 1.807) is 12.4 Å². The van der Waals surface area contributed by atoms with E-state index in [0.717, 1.165) is 41.8 Å². The molecule has 0 saturated heterocycles. The van der Waals surface area contributed by atoms with Crippen LogP contribution in [0.1, 0.15) is 45.1 Å². The second-order valence-electron chi connectivity index (χ2n) is 6.63. The fraction of sp³-hybridized carbons (Fsp3) is 0.500. The van der Waals surface area contributed by atoms with Gasteiger partial charge in [0.1, 0.15) is 12.2 Å². The van der Waals surface area contributed by atoms with E-state index in [2.05, 4.69) is 41.3 Å². The van der Waals surface area contributed by atoms with Crippen molar-refractivity contribution in [2.45, 2.75) is 46.7 Å². The highest BCUT2D eigenvalue weighted by atomic mass is 127. The molecule has 0 aliphatic heterocycles. The maximum absolute atomic E-state index is 5.75. The highest BCUT2D eigenvalue weighted by Gasteiger charge is 2.12. The average Bonchev–Trinajstić information content (AvgIpc) is 3.20. The Morgan fingerprint density at radius 3 is 2.65 bits per heavy atom. The number of aromatic nitrogens is 3. The largest absolute Gasteiger partial charge is 0.490 e. The van der Waals surface area contributed by atoms with Gasteiger partial charge in [0.15, 0.2) is 17.5 Å². The van der Waals surface area contributed by atoms with Crippen LogP contribution in [0.4, 0.5) is 0 Å². The molecule has 2 N–H and O–H groups in total. The number of rotatable bonds is 12. The first-order valence-electron chi connectivity index (χ1n) is 10.5. The van der Waals surface area contributed by atoms with Crippen molar-refractivity contribution in [2.24, 2.45) is 4.99 Å². The summed E-state index contributed by atoms with van der Waals surface area (Å²) in [5, 5.41) is 14.8. The first-order chi connectivity index (χ1) is 14.6. The van der Waals surface area contributed by atoms with Gasteiger partial charge in [0.2, 0.25) is 0 Å². The Bertz CT molecular complexity index is 824. The third-order valence-corrected chi connectivity index (χ3v) is 4.46. The van der Waals surface area contributed by atoms with Gasteiger partial charge in [-0.15, -0.1) is 40.8 Å². The van der Waals surface area contributed by atoms with Crippen LogP contribution < -0.4 is 20.1 Å². The second-order valence-corrected chi connectivity index (χ2v) is 6.63. The lowest BCUT2D eigenvalue weighted by Crippen LogP contribution is -2.39. The summed E-state index contributed by atoms with van der Waals surface area (Å²) in [5.41, 5.74) is 1.09. The van der Waals surface area contributed by atoms with Crippen molar-refractivity contribution in [3.05, 3.63) is 48.6 Å². The molecule has 0 aliphatic rings. The van der Waals surface area contributed by atoms with Crippen LogP contribution in [0.3, 0.4) is 0 Å². The lowest BCUT2D eigenvalue weighted by molar-refractivity contribution is 0.287. The molecule has 2 rings (SSSR count). The SMILES string of the molecule is C=CCNC(=NCCn1cnnc1CC)NC(C)c1ccc(OCC)c(OCC)c1.I. The number of aryl methyl sites for hydroxylation is 1. The highest BCUT2D eigenvalue weighted by molar-refractivity contribution is 14.0. The molecule has 0 saturated carbocycles. The molecule has 1 unspecified atom stereocenters. The zero-order valence-electron chi connectivity index (χ0n) is 18.9. The molecule has 0 bridgehead atoms. The van der Waals surface area contributed by atoms with Gasteiger partial charge in [-0.25, -0.2) is 0 Å². The second kappa shape index (κ2) is 14.7. The smallest absolute Gasteiger partial charge is 0.192 e. The number of nitrogens with zero attached hydrogens (tertiary/aromatic N) is 4. The molecule has 0 spiro atoms. The predicted molar refractivity (Wildman–Crippen MR) is 136 cm³/mol. The molecule has 9 heteroatoms. The number of hydrogen-bond acceptors (Lipinski definition) is 5. The number of benzene rings is 1. The topological polar surface area (TPSA) is 85.6 Å². The van der Waals surface area contributed by atoms with Crippen LogP contribution in [0.15, 0.2) is 42.2 Å². The van der Waals surface area contributed by atoms with Crippen molar-refractivity contribution >= 4 is 29.9 Å². The molecule has 172 valence electrons. The first kappa shape index (κ1) is 26.7. The van der Waals surface area contributed by atoms with E-state index >= 15 is 0 Å². The molecule has 0 aliphatic carbocycles. The van der Waals surface area contributed by atoms with Gasteiger partial charge < -0.3 is 24.7 Å². The van der Waals surface area contributed by atoms with Crippen molar-refractivity contribution in [3.63, 3.8) is 0 Å². The molecule has 1 atom stereocenters. The monoisotopic (exact) mass is 542 g/mol. The van der Waals surface area contributed by atoms with Crippen molar-refractivity contribution < 1.29 is 9.47 Å². The standard InChI is InChI=1S/C22H34N6O2.HI/c1-6-12-23-22(24-13-14-28-16-25-27-21(28)7-2)26-17(5)18-10-11-19(29-8-3)20(15-18)30-9-4;/h6,10-11,15-17H,1,7-9,12-14H2,2-5H3,(H2,23,24,26);1H. The Labute approximate surface area is 202 Å². The Hall–Kier alpha value is -2.30. The number of aliphatic imine (C=N–C) groups is 1. The van der Waals surface area contributed by atoms with Crippen LogP contribution >= 0.6 is 24.0 Å². The minimum absolute atomic E-state index is 0. The van der Waals surface area contributed by atoms with Gasteiger partial charge in [-0.3, -0.25) is 4.99 Å². The van der Waals surface area contributed by atoms with E-state index in [4.69, 9.17) is 14.5 Å². The summed E-state index contributed by atoms with van der Waals surface area (Å²) >= 11 is 0. The summed E-state index contributed by atoms with van der Waals surface area (Å²) in [7, 11) is 0. The molecular formula is C22H35IN6O2. The fourth-order valence-electron chi connectivity index (χ4n) is 2.96. The van der Waals surface area contributed by atoms with Crippen LogP contribution in [-0.4, -0.2) is 47.0 Å². The molecule has 1 heterocycles. The third-order valence-electron chi connectivity index (χ3n) is 4.46. The molecule has 1 aromatic heterocycles. The zero-order chi connectivity index (χ0) is 21.8. The molecule has 2 aromatic rings. The predicted octanol–water partition coefficient (Wildman–Crippen LogP) is 3.74. The highest BCUT2D eigenvalue weighted by Crippen LogP contribution is 2.30. The van der Waals surface area contributed by atoms with Crippen LogP contribution in [0.25, 0.3) is 0 Å². The van der Waals surface area contributed by atoms with Crippen molar-refractivity contribution in [1.82, 2.24) is 25.4 Å². The minimum atomic E-state index is 0. The maximum Gasteiger partial charge on any atom is 0.192 e. The molecular weight excluding hydrogens is 507 g/mol. The first-order valence-corrected chi connectivity index (χ1v) is 10.5. The third kappa shape index (κ3) is 8.39. The van der Waals surface area contributed by atoms with E-state index in [1.165, 1.54) is 0 Å². The van der Waals surface area contributed by atoms with Gasteiger partial charge in [0.05, 0.1) is 25.8 Å². The number of nitrogens with one attached hydrogen (secondary N) is 2. The van der Waals surface area contributed by atoms with Crippen LogP contribution in [-0.2, 0) is 13.0 Å². The molecule has 8 nitrogen and oxygen atoms in total. The summed E-state index contributed by atoms with van der Waals surface area (Å²) in [6.45, 7) is 15.0. The number of guanidine groups is 1.